The molecule has 0 saturated carbocycles. The van der Waals surface area contributed by atoms with Crippen LogP contribution in [0, 0.1) is 0 Å². The monoisotopic (exact) mass is 172 g/mol. The molecule has 1 unspecified atom stereocenters. The van der Waals surface area contributed by atoms with Gasteiger partial charge in [-0.1, -0.05) is 0 Å². The van der Waals surface area contributed by atoms with E-state index >= 15 is 0 Å². The Morgan fingerprint density at radius 2 is 1.83 bits per heavy atom. The molecule has 0 aromatic heterocycles. The van der Waals surface area contributed by atoms with E-state index in [4.69, 9.17) is 0 Å². The molecule has 1 atom stereocenters. The van der Waals surface area contributed by atoms with Crippen molar-refractivity contribution in [3.05, 3.63) is 0 Å². The Morgan fingerprint density at radius 3 is 2.17 bits per heavy atom. The summed E-state index contributed by atoms with van der Waals surface area (Å²) in [5, 5.41) is 0. The van der Waals surface area contributed by atoms with Crippen molar-refractivity contribution < 1.29 is 4.79 Å². The van der Waals surface area contributed by atoms with E-state index < -0.39 is 0 Å². The summed E-state index contributed by atoms with van der Waals surface area (Å²) in [4.78, 5) is 14.5. The highest BCUT2D eigenvalue weighted by Gasteiger charge is 2.11. The largest absolute Gasteiger partial charge is 0.308 e. The third kappa shape index (κ3) is 5.27. The molecule has 0 fully saturated rings. The molecule has 3 nitrogen and oxygen atoms in total. The highest BCUT2D eigenvalue weighted by Crippen LogP contribution is 2.02. The fourth-order valence-corrected chi connectivity index (χ4v) is 1.19. The molecule has 0 bridgehead atoms. The maximum atomic E-state index is 10.2. The van der Waals surface area contributed by atoms with Gasteiger partial charge in [0, 0.05) is 19.0 Å². The van der Waals surface area contributed by atoms with Crippen molar-refractivity contribution in [3.8, 4) is 0 Å². The summed E-state index contributed by atoms with van der Waals surface area (Å²) in [6, 6.07) is 0.491. The Morgan fingerprint density at radius 1 is 1.25 bits per heavy atom. The molecule has 0 heterocycles. The van der Waals surface area contributed by atoms with E-state index in [2.05, 4.69) is 38.0 Å². The third-order valence-electron chi connectivity index (χ3n) is 1.92. The summed E-state index contributed by atoms with van der Waals surface area (Å²) in [5.74, 6) is 0. The molecule has 12 heavy (non-hydrogen) atoms. The van der Waals surface area contributed by atoms with Crippen LogP contribution in [-0.4, -0.2) is 56.9 Å². The Labute approximate surface area is 75.3 Å². The zero-order chi connectivity index (χ0) is 9.56. The summed E-state index contributed by atoms with van der Waals surface area (Å²) in [6.07, 6.45) is 2.61. The molecule has 0 rings (SSSR count). The summed E-state index contributed by atoms with van der Waals surface area (Å²) < 4.78 is 0. The topological polar surface area (TPSA) is 23.6 Å². The van der Waals surface area contributed by atoms with Crippen molar-refractivity contribution in [1.29, 1.82) is 0 Å². The van der Waals surface area contributed by atoms with E-state index in [1.807, 2.05) is 0 Å². The minimum absolute atomic E-state index is 0.491. The van der Waals surface area contributed by atoms with Gasteiger partial charge in [0.15, 0.2) is 0 Å². The van der Waals surface area contributed by atoms with Gasteiger partial charge in [0.1, 0.15) is 6.29 Å². The normalized spacial score (nSPS) is 13.8. The number of rotatable bonds is 6. The minimum Gasteiger partial charge on any atom is -0.308 e. The highest BCUT2D eigenvalue weighted by atomic mass is 16.1. The van der Waals surface area contributed by atoms with Crippen LogP contribution >= 0.6 is 0 Å². The van der Waals surface area contributed by atoms with Crippen LogP contribution in [0.4, 0.5) is 0 Å². The predicted molar refractivity (Wildman–Crippen MR) is 51.3 cm³/mol. The highest BCUT2D eigenvalue weighted by molar-refractivity contribution is 5.49. The van der Waals surface area contributed by atoms with Crippen LogP contribution in [0.1, 0.15) is 12.8 Å². The number of nitrogens with zero attached hydrogens (tertiary/aromatic N) is 2. The van der Waals surface area contributed by atoms with Gasteiger partial charge >= 0.3 is 0 Å². The standard InChI is InChI=1S/C9H20N2O/c1-10(2)8-9(11(3)4)6-5-7-12/h7,9H,5-6,8H2,1-4H3. The molecule has 3 heteroatoms. The Hall–Kier alpha value is -0.410. The lowest BCUT2D eigenvalue weighted by Crippen LogP contribution is -2.37. The number of carbonyl (C=O) groups excluding carboxylic acids is 1. The first-order chi connectivity index (χ1) is 5.57. The lowest BCUT2D eigenvalue weighted by molar-refractivity contribution is -0.108. The van der Waals surface area contributed by atoms with Crippen LogP contribution in [-0.2, 0) is 4.79 Å². The molecule has 0 aromatic carbocycles. The van der Waals surface area contributed by atoms with Gasteiger partial charge < -0.3 is 14.6 Å². The first-order valence-corrected chi connectivity index (χ1v) is 4.32. The van der Waals surface area contributed by atoms with Gasteiger partial charge in [0.25, 0.3) is 0 Å². The molecule has 0 amide bonds. The van der Waals surface area contributed by atoms with Crippen molar-refractivity contribution in [3.63, 3.8) is 0 Å². The summed E-state index contributed by atoms with van der Waals surface area (Å²) in [6.45, 7) is 1.01. The van der Waals surface area contributed by atoms with Gasteiger partial charge in [-0.3, -0.25) is 0 Å². The predicted octanol–water partition coefficient (Wildman–Crippen LogP) is 0.457. The molecule has 0 aliphatic heterocycles. The van der Waals surface area contributed by atoms with Gasteiger partial charge in [-0.05, 0) is 34.6 Å². The zero-order valence-corrected chi connectivity index (χ0v) is 8.58. The smallest absolute Gasteiger partial charge is 0.120 e. The fraction of sp³-hybridized carbons (Fsp3) is 0.889. The van der Waals surface area contributed by atoms with Gasteiger partial charge in [-0.25, -0.2) is 0 Å². The summed E-state index contributed by atoms with van der Waals surface area (Å²) >= 11 is 0. The van der Waals surface area contributed by atoms with Gasteiger partial charge in [-0.15, -0.1) is 0 Å². The maximum Gasteiger partial charge on any atom is 0.120 e. The van der Waals surface area contributed by atoms with E-state index in [0.29, 0.717) is 12.5 Å². The Kier molecular flexibility index (Phi) is 5.93. The van der Waals surface area contributed by atoms with Gasteiger partial charge in [0.2, 0.25) is 0 Å². The van der Waals surface area contributed by atoms with Crippen LogP contribution in [0.2, 0.25) is 0 Å². The molecule has 0 radical (unpaired) electrons. The molecule has 72 valence electrons. The van der Waals surface area contributed by atoms with Crippen LogP contribution in [0.25, 0.3) is 0 Å². The van der Waals surface area contributed by atoms with Crippen LogP contribution in [0.5, 0.6) is 0 Å². The first-order valence-electron chi connectivity index (χ1n) is 4.32. The number of likely N-dealkylation sites (N-methyl/N-ethyl adjacent to an activating group) is 2. The zero-order valence-electron chi connectivity index (χ0n) is 8.58. The second kappa shape index (κ2) is 6.14. The van der Waals surface area contributed by atoms with Crippen LogP contribution in [0.15, 0.2) is 0 Å². The van der Waals surface area contributed by atoms with E-state index in [-0.39, 0.29) is 0 Å². The molecule has 0 aromatic rings. The molecule has 0 spiro atoms. The lowest BCUT2D eigenvalue weighted by Gasteiger charge is -2.26. The molecular weight excluding hydrogens is 152 g/mol. The fourth-order valence-electron chi connectivity index (χ4n) is 1.19. The van der Waals surface area contributed by atoms with E-state index in [1.54, 1.807) is 0 Å². The molecule has 0 aliphatic rings. The number of hydrogen-bond acceptors (Lipinski definition) is 3. The van der Waals surface area contributed by atoms with E-state index in [0.717, 1.165) is 19.3 Å². The molecule has 0 aliphatic carbocycles. The summed E-state index contributed by atoms with van der Waals surface area (Å²) in [7, 11) is 8.22. The Bertz CT molecular complexity index is 124. The van der Waals surface area contributed by atoms with Crippen LogP contribution in [0.3, 0.4) is 0 Å². The van der Waals surface area contributed by atoms with Gasteiger partial charge in [-0.2, -0.15) is 0 Å². The molecular formula is C9H20N2O. The van der Waals surface area contributed by atoms with Crippen molar-refractivity contribution in [2.45, 2.75) is 18.9 Å². The maximum absolute atomic E-state index is 10.2. The number of carbonyl (C=O) groups is 1. The average Bonchev–Trinajstić information content (AvgIpc) is 1.96. The van der Waals surface area contributed by atoms with Crippen molar-refractivity contribution >= 4 is 6.29 Å². The second-order valence-corrected chi connectivity index (χ2v) is 3.62. The second-order valence-electron chi connectivity index (χ2n) is 3.62. The Balaban J connectivity index is 3.77. The van der Waals surface area contributed by atoms with Crippen LogP contribution < -0.4 is 0 Å². The molecule has 0 saturated heterocycles. The quantitative estimate of drug-likeness (QED) is 0.544. The SMILES string of the molecule is CN(C)CC(CCC=O)N(C)C. The van der Waals surface area contributed by atoms with E-state index in [9.17, 15) is 4.79 Å². The van der Waals surface area contributed by atoms with E-state index in [1.165, 1.54) is 0 Å². The lowest BCUT2D eigenvalue weighted by atomic mass is 10.1. The number of hydrogen-bond donors (Lipinski definition) is 0. The van der Waals surface area contributed by atoms with Crippen molar-refractivity contribution in [1.82, 2.24) is 9.80 Å². The van der Waals surface area contributed by atoms with Gasteiger partial charge in [0.05, 0.1) is 0 Å². The van der Waals surface area contributed by atoms with Crippen molar-refractivity contribution in [2.75, 3.05) is 34.7 Å². The minimum atomic E-state index is 0.491. The first kappa shape index (κ1) is 11.6. The number of aldehydes is 1. The third-order valence-corrected chi connectivity index (χ3v) is 1.92. The molecule has 0 N–H and O–H groups in total. The average molecular weight is 172 g/mol. The summed E-state index contributed by atoms with van der Waals surface area (Å²) in [5.41, 5.74) is 0. The van der Waals surface area contributed by atoms with Crippen molar-refractivity contribution in [2.24, 2.45) is 0 Å².